The first-order valence-electron chi connectivity index (χ1n) is 11.1. The van der Waals surface area contributed by atoms with E-state index in [0.29, 0.717) is 24.2 Å². The molecule has 3 saturated heterocycles. The summed E-state index contributed by atoms with van der Waals surface area (Å²) in [6.07, 6.45) is 9.80. The number of aromatic amines is 1. The van der Waals surface area contributed by atoms with Gasteiger partial charge >= 0.3 is 0 Å². The van der Waals surface area contributed by atoms with E-state index in [1.807, 2.05) is 6.92 Å². The Morgan fingerprint density at radius 3 is 2.56 bits per heavy atom. The molecule has 5 rings (SSSR count). The standard InChI is InChI=1S/C22H34N4O/c1-14-15(2)23-24-19(14)8-9-22(27)25-11-16-10-18(13-25)21-5-3-4-20(17-6-7-17)26(21)12-16/h16-18,20-21H,3-13H2,1-2H3,(H,23,24)/t16-,18+,20+,21-/m0/s1. The lowest BCUT2D eigenvalue weighted by atomic mass is 9.74. The third-order valence-electron chi connectivity index (χ3n) is 7.88. The van der Waals surface area contributed by atoms with Gasteiger partial charge in [-0.05, 0) is 69.3 Å². The molecule has 1 aromatic heterocycles. The average molecular weight is 371 g/mol. The van der Waals surface area contributed by atoms with Crippen LogP contribution in [0, 0.1) is 31.6 Å². The van der Waals surface area contributed by atoms with E-state index >= 15 is 0 Å². The lowest BCUT2D eigenvalue weighted by molar-refractivity contribution is -0.139. The Labute approximate surface area is 162 Å². The van der Waals surface area contributed by atoms with E-state index < -0.39 is 0 Å². The van der Waals surface area contributed by atoms with Crippen LogP contribution in [0.1, 0.15) is 61.9 Å². The van der Waals surface area contributed by atoms with Crippen LogP contribution in [0.15, 0.2) is 0 Å². The monoisotopic (exact) mass is 370 g/mol. The predicted molar refractivity (Wildman–Crippen MR) is 105 cm³/mol. The SMILES string of the molecule is Cc1[nH]nc(CCC(=O)N2C[C@@H]3C[C@H](C2)[C@@H]2CCC[C@H](C4CC4)N2C3)c1C. The number of carbonyl (C=O) groups is 1. The number of rotatable bonds is 4. The van der Waals surface area contributed by atoms with Crippen molar-refractivity contribution in [2.24, 2.45) is 17.8 Å². The highest BCUT2D eigenvalue weighted by Crippen LogP contribution is 2.46. The van der Waals surface area contributed by atoms with Gasteiger partial charge in [-0.3, -0.25) is 14.8 Å². The van der Waals surface area contributed by atoms with Gasteiger partial charge in [0.1, 0.15) is 0 Å². The third kappa shape index (κ3) is 3.32. The number of aryl methyl sites for hydroxylation is 2. The fourth-order valence-corrected chi connectivity index (χ4v) is 6.20. The van der Waals surface area contributed by atoms with E-state index in [2.05, 4.69) is 26.9 Å². The molecule has 0 spiro atoms. The number of aromatic nitrogens is 2. The molecular formula is C22H34N4O. The van der Waals surface area contributed by atoms with E-state index in [0.717, 1.165) is 48.9 Å². The molecule has 1 N–H and O–H groups in total. The molecule has 4 fully saturated rings. The van der Waals surface area contributed by atoms with Crippen molar-refractivity contribution in [2.45, 2.75) is 77.3 Å². The molecule has 148 valence electrons. The number of piperidine rings is 3. The molecule has 4 heterocycles. The van der Waals surface area contributed by atoms with Crippen LogP contribution >= 0.6 is 0 Å². The number of nitrogens with one attached hydrogen (secondary N) is 1. The summed E-state index contributed by atoms with van der Waals surface area (Å²) in [6.45, 7) is 7.35. The molecular weight excluding hydrogens is 336 g/mol. The Kier molecular flexibility index (Phi) is 4.53. The zero-order valence-electron chi connectivity index (χ0n) is 16.9. The Morgan fingerprint density at radius 2 is 1.85 bits per heavy atom. The minimum atomic E-state index is 0.341. The van der Waals surface area contributed by atoms with Gasteiger partial charge in [0.15, 0.2) is 0 Å². The first-order valence-corrected chi connectivity index (χ1v) is 11.1. The van der Waals surface area contributed by atoms with Crippen LogP contribution < -0.4 is 0 Å². The van der Waals surface area contributed by atoms with Gasteiger partial charge in [-0.1, -0.05) is 6.42 Å². The summed E-state index contributed by atoms with van der Waals surface area (Å²) in [7, 11) is 0. The second kappa shape index (κ2) is 6.91. The second-order valence-corrected chi connectivity index (χ2v) is 9.68. The maximum Gasteiger partial charge on any atom is 0.222 e. The number of H-pyrrole nitrogens is 1. The van der Waals surface area contributed by atoms with Crippen LogP contribution in [0.25, 0.3) is 0 Å². The van der Waals surface area contributed by atoms with Crippen LogP contribution in [0.2, 0.25) is 0 Å². The van der Waals surface area contributed by atoms with Crippen LogP contribution in [0.3, 0.4) is 0 Å². The highest BCUT2D eigenvalue weighted by atomic mass is 16.2. The van der Waals surface area contributed by atoms with Gasteiger partial charge in [-0.2, -0.15) is 5.10 Å². The summed E-state index contributed by atoms with van der Waals surface area (Å²) >= 11 is 0. The van der Waals surface area contributed by atoms with Gasteiger partial charge in [0.2, 0.25) is 5.91 Å². The van der Waals surface area contributed by atoms with E-state index in [9.17, 15) is 4.79 Å². The summed E-state index contributed by atoms with van der Waals surface area (Å²) in [5, 5.41) is 7.41. The van der Waals surface area contributed by atoms with Crippen molar-refractivity contribution in [1.29, 1.82) is 0 Å². The van der Waals surface area contributed by atoms with Crippen LogP contribution in [0.4, 0.5) is 0 Å². The van der Waals surface area contributed by atoms with Crippen LogP contribution in [-0.4, -0.2) is 57.6 Å². The normalized spacial score (nSPS) is 33.8. The summed E-state index contributed by atoms with van der Waals surface area (Å²) in [5.74, 6) is 2.73. The molecule has 27 heavy (non-hydrogen) atoms. The zero-order valence-corrected chi connectivity index (χ0v) is 16.9. The van der Waals surface area contributed by atoms with Crippen molar-refractivity contribution >= 4 is 5.91 Å². The minimum absolute atomic E-state index is 0.341. The van der Waals surface area contributed by atoms with E-state index in [4.69, 9.17) is 0 Å². The lowest BCUT2D eigenvalue weighted by Gasteiger charge is -2.55. The van der Waals surface area contributed by atoms with E-state index in [1.165, 1.54) is 50.6 Å². The maximum absolute atomic E-state index is 12.9. The molecule has 1 aromatic rings. The van der Waals surface area contributed by atoms with Crippen molar-refractivity contribution in [3.63, 3.8) is 0 Å². The summed E-state index contributed by atoms with van der Waals surface area (Å²) in [6, 6.07) is 1.61. The highest BCUT2D eigenvalue weighted by molar-refractivity contribution is 5.76. The third-order valence-corrected chi connectivity index (χ3v) is 7.88. The lowest BCUT2D eigenvalue weighted by Crippen LogP contribution is -2.62. The van der Waals surface area contributed by atoms with Gasteiger partial charge in [-0.15, -0.1) is 0 Å². The maximum atomic E-state index is 12.9. The fraction of sp³-hybridized carbons (Fsp3) is 0.818. The molecule has 0 unspecified atom stereocenters. The topological polar surface area (TPSA) is 52.2 Å². The molecule has 4 atom stereocenters. The van der Waals surface area contributed by atoms with E-state index in [1.54, 1.807) is 0 Å². The number of likely N-dealkylation sites (tertiary alicyclic amines) is 1. The van der Waals surface area contributed by atoms with Crippen LogP contribution in [0.5, 0.6) is 0 Å². The van der Waals surface area contributed by atoms with Gasteiger partial charge in [-0.25, -0.2) is 0 Å². The number of carbonyl (C=O) groups excluding carboxylic acids is 1. The predicted octanol–water partition coefficient (Wildman–Crippen LogP) is 3.07. The van der Waals surface area contributed by atoms with Gasteiger partial charge in [0.25, 0.3) is 0 Å². The molecule has 5 nitrogen and oxygen atoms in total. The summed E-state index contributed by atoms with van der Waals surface area (Å²) in [5.41, 5.74) is 3.39. The number of nitrogens with zero attached hydrogens (tertiary/aromatic N) is 3. The van der Waals surface area contributed by atoms with Gasteiger partial charge in [0.05, 0.1) is 5.69 Å². The molecule has 5 heteroatoms. The van der Waals surface area contributed by atoms with E-state index in [-0.39, 0.29) is 0 Å². The molecule has 1 aliphatic carbocycles. The van der Waals surface area contributed by atoms with Crippen molar-refractivity contribution < 1.29 is 4.79 Å². The quantitative estimate of drug-likeness (QED) is 0.886. The summed E-state index contributed by atoms with van der Waals surface area (Å²) in [4.78, 5) is 18.0. The largest absolute Gasteiger partial charge is 0.342 e. The Hall–Kier alpha value is -1.36. The Morgan fingerprint density at radius 1 is 1.07 bits per heavy atom. The van der Waals surface area contributed by atoms with Crippen LogP contribution in [-0.2, 0) is 11.2 Å². The number of fused-ring (bicyclic) bond motifs is 4. The minimum Gasteiger partial charge on any atom is -0.342 e. The Balaban J connectivity index is 1.22. The molecule has 0 radical (unpaired) electrons. The first kappa shape index (κ1) is 17.7. The van der Waals surface area contributed by atoms with Gasteiger partial charge in [0, 0.05) is 50.3 Å². The molecule has 1 saturated carbocycles. The number of amides is 1. The molecule has 4 aliphatic rings. The van der Waals surface area contributed by atoms with Crippen molar-refractivity contribution in [3.05, 3.63) is 17.0 Å². The van der Waals surface area contributed by atoms with Gasteiger partial charge < -0.3 is 4.90 Å². The molecule has 0 aromatic carbocycles. The Bertz CT molecular complexity index is 709. The van der Waals surface area contributed by atoms with Crippen molar-refractivity contribution in [3.8, 4) is 0 Å². The number of hydrogen-bond acceptors (Lipinski definition) is 3. The summed E-state index contributed by atoms with van der Waals surface area (Å²) < 4.78 is 0. The fourth-order valence-electron chi connectivity index (χ4n) is 6.20. The van der Waals surface area contributed by atoms with Crippen molar-refractivity contribution in [2.75, 3.05) is 19.6 Å². The second-order valence-electron chi connectivity index (χ2n) is 9.68. The highest BCUT2D eigenvalue weighted by Gasteiger charge is 2.48. The smallest absolute Gasteiger partial charge is 0.222 e. The average Bonchev–Trinajstić information content (AvgIpc) is 3.46. The van der Waals surface area contributed by atoms with Crippen molar-refractivity contribution in [1.82, 2.24) is 20.0 Å². The molecule has 2 bridgehead atoms. The molecule has 1 amide bonds. The zero-order chi connectivity index (χ0) is 18.5. The molecule has 3 aliphatic heterocycles. The first-order chi connectivity index (χ1) is 13.1. The number of hydrogen-bond donors (Lipinski definition) is 1.